The van der Waals surface area contributed by atoms with Gasteiger partial charge in [0.05, 0.1) is 6.61 Å². The fourth-order valence-electron chi connectivity index (χ4n) is 2.01. The Morgan fingerprint density at radius 2 is 2.27 bits per heavy atom. The molecule has 0 saturated carbocycles. The monoisotopic (exact) mass is 227 g/mol. The van der Waals surface area contributed by atoms with E-state index in [0.717, 1.165) is 24.9 Å². The summed E-state index contributed by atoms with van der Waals surface area (Å²) in [6.07, 6.45) is 2.10. The third kappa shape index (κ3) is 2.09. The van der Waals surface area contributed by atoms with Crippen molar-refractivity contribution in [1.29, 1.82) is 0 Å². The zero-order valence-electron chi connectivity index (χ0n) is 8.33. The molecule has 1 fully saturated rings. The van der Waals surface area contributed by atoms with Gasteiger partial charge < -0.3 is 15.5 Å². The predicted molar refractivity (Wildman–Crippen MR) is 59.0 cm³/mol. The van der Waals surface area contributed by atoms with E-state index in [0.29, 0.717) is 10.6 Å². The summed E-state index contributed by atoms with van der Waals surface area (Å²) in [6.45, 7) is 0.775. The lowest BCUT2D eigenvalue weighted by atomic mass is 10.0. The fourth-order valence-corrected chi connectivity index (χ4v) is 2.26. The molecule has 4 heteroatoms. The lowest BCUT2D eigenvalue weighted by Crippen LogP contribution is -2.13. The Kier molecular flexibility index (Phi) is 3.14. The number of hydrogen-bond acceptors (Lipinski definition) is 3. The molecule has 0 radical (unpaired) electrons. The summed E-state index contributed by atoms with van der Waals surface area (Å²) in [7, 11) is 0. The van der Waals surface area contributed by atoms with Crippen LogP contribution in [-0.2, 0) is 6.61 Å². The highest BCUT2D eigenvalue weighted by Gasteiger charge is 2.21. The molecule has 0 aliphatic carbocycles. The molecular weight excluding hydrogens is 214 g/mol. The van der Waals surface area contributed by atoms with Gasteiger partial charge in [-0.25, -0.2) is 0 Å². The molecule has 1 aliphatic rings. The lowest BCUT2D eigenvalue weighted by molar-refractivity contribution is 0.275. The molecule has 1 saturated heterocycles. The van der Waals surface area contributed by atoms with Gasteiger partial charge in [0.25, 0.3) is 0 Å². The van der Waals surface area contributed by atoms with Crippen LogP contribution in [0.15, 0.2) is 12.1 Å². The van der Waals surface area contributed by atoms with Crippen molar-refractivity contribution in [3.8, 4) is 5.75 Å². The van der Waals surface area contributed by atoms with Crippen LogP contribution in [0.4, 0.5) is 0 Å². The number of rotatable bonds is 2. The average Bonchev–Trinajstić information content (AvgIpc) is 2.74. The molecule has 1 atom stereocenters. The molecule has 3 nitrogen and oxygen atoms in total. The number of phenols is 1. The van der Waals surface area contributed by atoms with Crippen molar-refractivity contribution in [3.05, 3.63) is 28.3 Å². The maximum atomic E-state index is 9.92. The van der Waals surface area contributed by atoms with Gasteiger partial charge in [0.1, 0.15) is 5.75 Å². The van der Waals surface area contributed by atoms with Crippen LogP contribution in [0.5, 0.6) is 5.75 Å². The minimum atomic E-state index is -0.188. The molecule has 2 rings (SSSR count). The van der Waals surface area contributed by atoms with Crippen molar-refractivity contribution in [2.45, 2.75) is 25.5 Å². The molecule has 0 aromatic heterocycles. The molecule has 1 aliphatic heterocycles. The van der Waals surface area contributed by atoms with Gasteiger partial charge in [0.15, 0.2) is 0 Å². The first-order valence-electron chi connectivity index (χ1n) is 5.08. The molecule has 1 aromatic carbocycles. The van der Waals surface area contributed by atoms with Gasteiger partial charge >= 0.3 is 0 Å². The number of aliphatic hydroxyl groups is 1. The van der Waals surface area contributed by atoms with Crippen molar-refractivity contribution in [1.82, 2.24) is 5.32 Å². The summed E-state index contributed by atoms with van der Waals surface area (Å²) in [5.41, 5.74) is 1.29. The number of halogens is 1. The summed E-state index contributed by atoms with van der Waals surface area (Å²) >= 11 is 5.93. The van der Waals surface area contributed by atoms with Gasteiger partial charge in [-0.15, -0.1) is 0 Å². The molecule has 82 valence electrons. The normalized spacial score (nSPS) is 20.8. The van der Waals surface area contributed by atoms with Gasteiger partial charge in [0, 0.05) is 22.2 Å². The SMILES string of the molecule is OCc1cc(Cl)cc([C@@H]2CCCN2)c1O. The van der Waals surface area contributed by atoms with Crippen molar-refractivity contribution >= 4 is 11.6 Å². The number of nitrogens with one attached hydrogen (secondary N) is 1. The van der Waals surface area contributed by atoms with Crippen LogP contribution in [0, 0.1) is 0 Å². The van der Waals surface area contributed by atoms with E-state index in [4.69, 9.17) is 16.7 Å². The second kappa shape index (κ2) is 4.39. The Labute approximate surface area is 93.7 Å². The molecular formula is C11H14ClNO2. The van der Waals surface area contributed by atoms with Crippen molar-refractivity contribution < 1.29 is 10.2 Å². The summed E-state index contributed by atoms with van der Waals surface area (Å²) in [5, 5.41) is 22.8. The predicted octanol–water partition coefficient (Wildman–Crippen LogP) is 1.96. The number of hydrogen-bond donors (Lipinski definition) is 3. The fraction of sp³-hybridized carbons (Fsp3) is 0.455. The standard InChI is InChI=1S/C11H14ClNO2/c12-8-4-7(6-14)11(15)9(5-8)10-2-1-3-13-10/h4-5,10,13-15H,1-3,6H2/t10-/m0/s1. The largest absolute Gasteiger partial charge is 0.507 e. The Morgan fingerprint density at radius 1 is 1.47 bits per heavy atom. The topological polar surface area (TPSA) is 52.5 Å². The molecule has 0 bridgehead atoms. The first-order valence-corrected chi connectivity index (χ1v) is 5.45. The molecule has 0 amide bonds. The molecule has 3 N–H and O–H groups in total. The third-order valence-corrected chi connectivity index (χ3v) is 3.01. The zero-order valence-corrected chi connectivity index (χ0v) is 9.09. The van der Waals surface area contributed by atoms with E-state index >= 15 is 0 Å². The molecule has 15 heavy (non-hydrogen) atoms. The second-order valence-electron chi connectivity index (χ2n) is 3.81. The van der Waals surface area contributed by atoms with Gasteiger partial charge in [0.2, 0.25) is 0 Å². The Hall–Kier alpha value is -0.770. The molecule has 1 aromatic rings. The number of benzene rings is 1. The van der Waals surface area contributed by atoms with E-state index in [1.165, 1.54) is 0 Å². The van der Waals surface area contributed by atoms with Gasteiger partial charge in [-0.2, -0.15) is 0 Å². The van der Waals surface area contributed by atoms with E-state index in [2.05, 4.69) is 5.32 Å². The van der Waals surface area contributed by atoms with Crippen LogP contribution >= 0.6 is 11.6 Å². The van der Waals surface area contributed by atoms with E-state index in [-0.39, 0.29) is 18.4 Å². The summed E-state index contributed by atoms with van der Waals surface area (Å²) < 4.78 is 0. The number of aromatic hydroxyl groups is 1. The second-order valence-corrected chi connectivity index (χ2v) is 4.25. The minimum absolute atomic E-state index is 0.161. The Balaban J connectivity index is 2.40. The lowest BCUT2D eigenvalue weighted by Gasteiger charge is -2.15. The zero-order chi connectivity index (χ0) is 10.8. The third-order valence-electron chi connectivity index (χ3n) is 2.79. The van der Waals surface area contributed by atoms with Crippen LogP contribution in [0.1, 0.15) is 30.0 Å². The highest BCUT2D eigenvalue weighted by Crippen LogP contribution is 2.35. The van der Waals surface area contributed by atoms with Gasteiger partial charge in [-0.05, 0) is 31.5 Å². The summed E-state index contributed by atoms with van der Waals surface area (Å²) in [4.78, 5) is 0. The smallest absolute Gasteiger partial charge is 0.125 e. The Morgan fingerprint density at radius 3 is 2.87 bits per heavy atom. The van der Waals surface area contributed by atoms with E-state index in [1.54, 1.807) is 12.1 Å². The van der Waals surface area contributed by atoms with Crippen LogP contribution in [-0.4, -0.2) is 16.8 Å². The van der Waals surface area contributed by atoms with Crippen LogP contribution in [0.25, 0.3) is 0 Å². The van der Waals surface area contributed by atoms with E-state index in [9.17, 15) is 5.11 Å². The summed E-state index contributed by atoms with van der Waals surface area (Å²) in [6, 6.07) is 3.52. The number of aliphatic hydroxyl groups excluding tert-OH is 1. The molecule has 0 spiro atoms. The maximum Gasteiger partial charge on any atom is 0.125 e. The quantitative estimate of drug-likeness (QED) is 0.724. The van der Waals surface area contributed by atoms with Crippen molar-refractivity contribution in [2.75, 3.05) is 6.54 Å². The van der Waals surface area contributed by atoms with Crippen molar-refractivity contribution in [2.24, 2.45) is 0 Å². The van der Waals surface area contributed by atoms with Gasteiger partial charge in [-0.1, -0.05) is 11.6 Å². The summed E-state index contributed by atoms with van der Waals surface area (Å²) in [5.74, 6) is 0.168. The van der Waals surface area contributed by atoms with Crippen molar-refractivity contribution in [3.63, 3.8) is 0 Å². The Bertz CT molecular complexity index is 362. The van der Waals surface area contributed by atoms with E-state index < -0.39 is 0 Å². The highest BCUT2D eigenvalue weighted by molar-refractivity contribution is 6.30. The first kappa shape index (κ1) is 10.7. The van der Waals surface area contributed by atoms with Gasteiger partial charge in [-0.3, -0.25) is 0 Å². The first-order chi connectivity index (χ1) is 7.22. The van der Waals surface area contributed by atoms with Crippen LogP contribution in [0.3, 0.4) is 0 Å². The maximum absolute atomic E-state index is 9.92. The van der Waals surface area contributed by atoms with E-state index in [1.807, 2.05) is 0 Å². The van der Waals surface area contributed by atoms with Crippen LogP contribution < -0.4 is 5.32 Å². The van der Waals surface area contributed by atoms with Crippen LogP contribution in [0.2, 0.25) is 5.02 Å². The minimum Gasteiger partial charge on any atom is -0.507 e. The molecule has 1 heterocycles. The molecule has 0 unspecified atom stereocenters. The highest BCUT2D eigenvalue weighted by atomic mass is 35.5. The average molecular weight is 228 g/mol.